The maximum Gasteiger partial charge on any atom is 0.155 e. The van der Waals surface area contributed by atoms with Crippen LogP contribution in [0.25, 0.3) is 11.0 Å². The second kappa shape index (κ2) is 9.13. The van der Waals surface area contributed by atoms with Crippen LogP contribution >= 0.6 is 0 Å². The first-order valence-electron chi connectivity index (χ1n) is 9.99. The third-order valence-electron chi connectivity index (χ3n) is 5.15. The number of H-pyrrole nitrogens is 1. The number of anilines is 1. The van der Waals surface area contributed by atoms with Gasteiger partial charge >= 0.3 is 0 Å². The van der Waals surface area contributed by atoms with Crippen LogP contribution in [0.4, 0.5) is 5.82 Å². The highest BCUT2D eigenvalue weighted by atomic mass is 15.2. The zero-order valence-electron chi connectivity index (χ0n) is 15.6. The van der Waals surface area contributed by atoms with E-state index in [1.54, 1.807) is 0 Å². The molecule has 3 heterocycles. The molecule has 0 aliphatic carbocycles. The molecule has 3 N–H and O–H groups in total. The maximum atomic E-state index is 6.06. The Labute approximate surface area is 150 Å². The number of unbranched alkanes of at least 4 members (excludes halogenated alkanes) is 3. The van der Waals surface area contributed by atoms with Crippen LogP contribution in [0.15, 0.2) is 0 Å². The van der Waals surface area contributed by atoms with Crippen molar-refractivity contribution in [3.63, 3.8) is 0 Å². The molecule has 6 heteroatoms. The summed E-state index contributed by atoms with van der Waals surface area (Å²) in [5, 5.41) is 7.46. The van der Waals surface area contributed by atoms with Crippen LogP contribution in [0.3, 0.4) is 0 Å². The second-order valence-electron chi connectivity index (χ2n) is 7.24. The molecule has 1 fully saturated rings. The molecule has 2 aromatic heterocycles. The Morgan fingerprint density at radius 2 is 1.80 bits per heavy atom. The van der Waals surface area contributed by atoms with Crippen LogP contribution < -0.4 is 5.73 Å². The molecule has 6 nitrogen and oxygen atoms in total. The van der Waals surface area contributed by atoms with Gasteiger partial charge in [-0.2, -0.15) is 5.10 Å². The van der Waals surface area contributed by atoms with E-state index in [2.05, 4.69) is 27.0 Å². The molecule has 2 aromatic rings. The number of hydrogen-bond donors (Lipinski definition) is 2. The minimum atomic E-state index is 0.503. The standard InChI is InChI=1S/C19H32N6/c1-2-3-11-16-21-17-15(23-24-18(17)19(20)22-16)10-6-4-7-12-25-13-8-5-9-14-25/h2-14H2,1H3,(H,23,24)(H2,20,21,22). The van der Waals surface area contributed by atoms with E-state index in [4.69, 9.17) is 10.7 Å². The molecular weight excluding hydrogens is 312 g/mol. The topological polar surface area (TPSA) is 83.7 Å². The predicted octanol–water partition coefficient (Wildman–Crippen LogP) is 3.48. The fourth-order valence-corrected chi connectivity index (χ4v) is 3.64. The van der Waals surface area contributed by atoms with Crippen molar-refractivity contribution < 1.29 is 0 Å². The number of piperidine rings is 1. The van der Waals surface area contributed by atoms with Crippen molar-refractivity contribution >= 4 is 16.9 Å². The molecule has 1 aliphatic rings. The molecule has 0 spiro atoms. The van der Waals surface area contributed by atoms with E-state index in [9.17, 15) is 0 Å². The number of aryl methyl sites for hydroxylation is 2. The third-order valence-corrected chi connectivity index (χ3v) is 5.15. The summed E-state index contributed by atoms with van der Waals surface area (Å²) in [6, 6.07) is 0. The number of nitrogens with one attached hydrogen (secondary N) is 1. The lowest BCUT2D eigenvalue weighted by atomic mass is 10.1. The van der Waals surface area contributed by atoms with Gasteiger partial charge in [0.2, 0.25) is 0 Å². The Kier molecular flexibility index (Phi) is 6.62. The molecule has 1 saturated heterocycles. The number of likely N-dealkylation sites (tertiary alicyclic amines) is 1. The molecule has 1 aliphatic heterocycles. The number of hydrogen-bond acceptors (Lipinski definition) is 5. The average Bonchev–Trinajstić information content (AvgIpc) is 3.04. The summed E-state index contributed by atoms with van der Waals surface area (Å²) in [4.78, 5) is 11.7. The van der Waals surface area contributed by atoms with Gasteiger partial charge in [-0.3, -0.25) is 5.10 Å². The fourth-order valence-electron chi connectivity index (χ4n) is 3.64. The van der Waals surface area contributed by atoms with Gasteiger partial charge in [0.05, 0.1) is 5.69 Å². The van der Waals surface area contributed by atoms with Gasteiger partial charge in [-0.1, -0.05) is 26.2 Å². The Morgan fingerprint density at radius 3 is 2.60 bits per heavy atom. The van der Waals surface area contributed by atoms with Crippen molar-refractivity contribution in [3.05, 3.63) is 11.5 Å². The Morgan fingerprint density at radius 1 is 0.960 bits per heavy atom. The highest BCUT2D eigenvalue weighted by Gasteiger charge is 2.13. The molecule has 0 bridgehead atoms. The minimum absolute atomic E-state index is 0.503. The van der Waals surface area contributed by atoms with Gasteiger partial charge in [0, 0.05) is 6.42 Å². The van der Waals surface area contributed by atoms with Crippen LogP contribution in [0, 0.1) is 0 Å². The van der Waals surface area contributed by atoms with Crippen molar-refractivity contribution in [3.8, 4) is 0 Å². The van der Waals surface area contributed by atoms with Crippen LogP contribution in [0.2, 0.25) is 0 Å². The molecular formula is C19H32N6. The van der Waals surface area contributed by atoms with Gasteiger partial charge in [-0.05, 0) is 58.2 Å². The number of fused-ring (bicyclic) bond motifs is 1. The van der Waals surface area contributed by atoms with Gasteiger partial charge in [0.15, 0.2) is 11.3 Å². The summed E-state index contributed by atoms with van der Waals surface area (Å²) in [5.41, 5.74) is 8.82. The normalized spacial score (nSPS) is 15.9. The highest BCUT2D eigenvalue weighted by molar-refractivity contribution is 5.85. The van der Waals surface area contributed by atoms with Gasteiger partial charge in [0.1, 0.15) is 11.3 Å². The van der Waals surface area contributed by atoms with Crippen LogP contribution in [0.1, 0.15) is 69.8 Å². The second-order valence-corrected chi connectivity index (χ2v) is 7.24. The fraction of sp³-hybridized carbons (Fsp3) is 0.737. The molecule has 0 radical (unpaired) electrons. The van der Waals surface area contributed by atoms with Crippen LogP contribution in [-0.2, 0) is 12.8 Å². The Bertz CT molecular complexity index is 659. The lowest BCUT2D eigenvalue weighted by Gasteiger charge is -2.26. The summed E-state index contributed by atoms with van der Waals surface area (Å²) in [6.07, 6.45) is 12.0. The van der Waals surface area contributed by atoms with Gasteiger partial charge in [-0.25, -0.2) is 9.97 Å². The zero-order chi connectivity index (χ0) is 17.5. The number of rotatable bonds is 9. The van der Waals surface area contributed by atoms with E-state index >= 15 is 0 Å². The first-order chi connectivity index (χ1) is 12.3. The zero-order valence-corrected chi connectivity index (χ0v) is 15.6. The molecule has 25 heavy (non-hydrogen) atoms. The van der Waals surface area contributed by atoms with Crippen molar-refractivity contribution in [1.29, 1.82) is 0 Å². The van der Waals surface area contributed by atoms with E-state index in [0.717, 1.165) is 48.2 Å². The highest BCUT2D eigenvalue weighted by Crippen LogP contribution is 2.21. The van der Waals surface area contributed by atoms with E-state index in [0.29, 0.717) is 5.82 Å². The number of nitrogen functional groups attached to an aromatic ring is 1. The van der Waals surface area contributed by atoms with Crippen LogP contribution in [-0.4, -0.2) is 44.7 Å². The average molecular weight is 345 g/mol. The van der Waals surface area contributed by atoms with Crippen molar-refractivity contribution in [2.75, 3.05) is 25.4 Å². The number of aromatic amines is 1. The number of nitrogens with zero attached hydrogens (tertiary/aromatic N) is 4. The molecule has 0 saturated carbocycles. The molecule has 138 valence electrons. The molecule has 0 amide bonds. The Hall–Kier alpha value is -1.69. The van der Waals surface area contributed by atoms with E-state index in [1.165, 1.54) is 58.2 Å². The first-order valence-corrected chi connectivity index (χ1v) is 9.99. The van der Waals surface area contributed by atoms with Gasteiger partial charge < -0.3 is 10.6 Å². The number of nitrogens with two attached hydrogens (primary N) is 1. The first kappa shape index (κ1) is 18.1. The van der Waals surface area contributed by atoms with E-state index in [-0.39, 0.29) is 0 Å². The summed E-state index contributed by atoms with van der Waals surface area (Å²) in [7, 11) is 0. The van der Waals surface area contributed by atoms with E-state index < -0.39 is 0 Å². The maximum absolute atomic E-state index is 6.06. The predicted molar refractivity (Wildman–Crippen MR) is 103 cm³/mol. The minimum Gasteiger partial charge on any atom is -0.382 e. The van der Waals surface area contributed by atoms with E-state index in [1.807, 2.05) is 0 Å². The smallest absolute Gasteiger partial charge is 0.155 e. The molecule has 0 unspecified atom stereocenters. The summed E-state index contributed by atoms with van der Waals surface area (Å²) in [6.45, 7) is 6.01. The monoisotopic (exact) mass is 344 g/mol. The van der Waals surface area contributed by atoms with Crippen LogP contribution in [0.5, 0.6) is 0 Å². The lowest BCUT2D eigenvalue weighted by Crippen LogP contribution is -2.30. The number of aromatic nitrogens is 4. The SMILES string of the molecule is CCCCc1nc(N)c2n[nH]c(CCCCCN3CCCCC3)c2n1. The van der Waals surface area contributed by atoms with Gasteiger partial charge in [0.25, 0.3) is 0 Å². The molecule has 3 rings (SSSR count). The summed E-state index contributed by atoms with van der Waals surface area (Å²) in [5.74, 6) is 1.35. The van der Waals surface area contributed by atoms with Crippen molar-refractivity contribution in [1.82, 2.24) is 25.1 Å². The summed E-state index contributed by atoms with van der Waals surface area (Å²) >= 11 is 0. The van der Waals surface area contributed by atoms with Crippen molar-refractivity contribution in [2.45, 2.75) is 71.1 Å². The molecule has 0 atom stereocenters. The van der Waals surface area contributed by atoms with Crippen molar-refractivity contribution in [2.24, 2.45) is 0 Å². The summed E-state index contributed by atoms with van der Waals surface area (Å²) < 4.78 is 0. The van der Waals surface area contributed by atoms with Gasteiger partial charge in [-0.15, -0.1) is 0 Å². The largest absolute Gasteiger partial charge is 0.382 e. The lowest BCUT2D eigenvalue weighted by molar-refractivity contribution is 0.224. The molecule has 0 aromatic carbocycles. The Balaban J connectivity index is 1.51. The quantitative estimate of drug-likeness (QED) is 0.680. The third kappa shape index (κ3) is 4.91.